The average molecular weight is 589 g/mol. The van der Waals surface area contributed by atoms with E-state index < -0.39 is 0 Å². The Labute approximate surface area is 257 Å². The van der Waals surface area contributed by atoms with Gasteiger partial charge in [0.25, 0.3) is 0 Å². The maximum absolute atomic E-state index is 5.85. The number of benzene rings is 4. The maximum Gasteiger partial charge on any atom is 0.0511 e. The molecule has 2 N–H and O–H groups in total. The smallest absolute Gasteiger partial charge is 0.0511 e. The van der Waals surface area contributed by atoms with Crippen LogP contribution in [0.3, 0.4) is 0 Å². The van der Waals surface area contributed by atoms with Gasteiger partial charge in [-0.05, 0) is 94.0 Å². The van der Waals surface area contributed by atoms with Crippen LogP contribution in [0.1, 0.15) is 54.2 Å². The summed E-state index contributed by atoms with van der Waals surface area (Å²) >= 11 is 11.6. The molecular formula is C36H43Cl2N3. The number of nitrogens with zero attached hydrogens (tertiary/aromatic N) is 2. The van der Waals surface area contributed by atoms with E-state index in [1.807, 2.05) is 74.8 Å². The quantitative estimate of drug-likeness (QED) is 0.205. The van der Waals surface area contributed by atoms with Crippen LogP contribution in [0.4, 0.5) is 0 Å². The molecular weight excluding hydrogens is 545 g/mol. The zero-order valence-corrected chi connectivity index (χ0v) is 26.4. The van der Waals surface area contributed by atoms with Gasteiger partial charge in [-0.1, -0.05) is 107 Å². The van der Waals surface area contributed by atoms with Gasteiger partial charge in [-0.25, -0.2) is 0 Å². The minimum atomic E-state index is 0.262. The highest BCUT2D eigenvalue weighted by Crippen LogP contribution is 2.11. The van der Waals surface area contributed by atoms with E-state index in [2.05, 4.69) is 79.3 Å². The second-order valence-corrected chi connectivity index (χ2v) is 11.1. The van der Waals surface area contributed by atoms with Crippen LogP contribution < -0.4 is 5.73 Å². The highest BCUT2D eigenvalue weighted by atomic mass is 35.5. The zero-order valence-electron chi connectivity index (χ0n) is 24.9. The number of hydrogen-bond acceptors (Lipinski definition) is 3. The molecule has 0 saturated heterocycles. The van der Waals surface area contributed by atoms with Crippen molar-refractivity contribution in [3.8, 4) is 0 Å². The zero-order chi connectivity index (χ0) is 30.0. The Morgan fingerprint density at radius 2 is 1.05 bits per heavy atom. The van der Waals surface area contributed by atoms with Crippen molar-refractivity contribution < 1.29 is 0 Å². The largest absolute Gasteiger partial charge is 0.328 e. The SMILES string of the molecule is CCN=Cc1ccc(Cl)cc1.Cc1ccc(C[C@@H](C)N)cc1.Cc1ccc(C[C@@H](C)N=Cc2ccc(Cl)cc2)cc1. The minimum absolute atomic E-state index is 0.262. The summed E-state index contributed by atoms with van der Waals surface area (Å²) in [5, 5.41) is 1.52. The van der Waals surface area contributed by atoms with Crippen molar-refractivity contribution in [1.29, 1.82) is 0 Å². The van der Waals surface area contributed by atoms with E-state index in [-0.39, 0.29) is 12.1 Å². The molecule has 0 unspecified atom stereocenters. The molecule has 4 aromatic carbocycles. The number of rotatable bonds is 8. The van der Waals surface area contributed by atoms with E-state index in [0.29, 0.717) is 0 Å². The van der Waals surface area contributed by atoms with E-state index in [0.717, 1.165) is 40.6 Å². The lowest BCUT2D eigenvalue weighted by molar-refractivity contribution is 0.738. The molecule has 4 aromatic rings. The van der Waals surface area contributed by atoms with E-state index >= 15 is 0 Å². The topological polar surface area (TPSA) is 50.7 Å². The fraction of sp³-hybridized carbons (Fsp3) is 0.278. The molecule has 2 atom stereocenters. The number of halogens is 2. The number of hydrogen-bond donors (Lipinski definition) is 1. The molecule has 0 aliphatic rings. The van der Waals surface area contributed by atoms with Gasteiger partial charge < -0.3 is 5.73 Å². The van der Waals surface area contributed by atoms with Gasteiger partial charge in [-0.2, -0.15) is 0 Å². The van der Waals surface area contributed by atoms with Crippen molar-refractivity contribution in [2.45, 2.75) is 59.5 Å². The average Bonchev–Trinajstić information content (AvgIpc) is 2.95. The van der Waals surface area contributed by atoms with Crippen LogP contribution in [0.5, 0.6) is 0 Å². The third-order valence-corrected chi connectivity index (χ3v) is 6.47. The summed E-state index contributed by atoms with van der Waals surface area (Å²) in [5.41, 5.74) is 13.1. The molecule has 5 heteroatoms. The van der Waals surface area contributed by atoms with Crippen LogP contribution in [0.2, 0.25) is 10.0 Å². The minimum Gasteiger partial charge on any atom is -0.328 e. The predicted octanol–water partition coefficient (Wildman–Crippen LogP) is 9.36. The molecule has 0 fully saturated rings. The van der Waals surface area contributed by atoms with Gasteiger partial charge in [-0.3, -0.25) is 9.98 Å². The van der Waals surface area contributed by atoms with Gasteiger partial charge >= 0.3 is 0 Å². The highest BCUT2D eigenvalue weighted by molar-refractivity contribution is 6.30. The van der Waals surface area contributed by atoms with Crippen LogP contribution in [0.15, 0.2) is 107 Å². The van der Waals surface area contributed by atoms with Crippen molar-refractivity contribution in [3.63, 3.8) is 0 Å². The summed E-state index contributed by atoms with van der Waals surface area (Å²) in [4.78, 5) is 8.68. The first-order chi connectivity index (χ1) is 19.6. The molecule has 3 nitrogen and oxygen atoms in total. The Morgan fingerprint density at radius 3 is 1.46 bits per heavy atom. The van der Waals surface area contributed by atoms with Crippen LogP contribution in [0.25, 0.3) is 0 Å². The van der Waals surface area contributed by atoms with Gasteiger partial charge in [0.15, 0.2) is 0 Å². The molecule has 0 aliphatic carbocycles. The summed E-state index contributed by atoms with van der Waals surface area (Å²) in [6.45, 7) is 11.2. The van der Waals surface area contributed by atoms with Crippen molar-refractivity contribution >= 4 is 35.6 Å². The predicted molar refractivity (Wildman–Crippen MR) is 182 cm³/mol. The first-order valence-corrected chi connectivity index (χ1v) is 14.8. The second-order valence-electron chi connectivity index (χ2n) is 10.2. The number of nitrogens with two attached hydrogens (primary N) is 1. The fourth-order valence-electron chi connectivity index (χ4n) is 3.72. The molecule has 216 valence electrons. The van der Waals surface area contributed by atoms with Crippen LogP contribution in [-0.4, -0.2) is 31.1 Å². The first kappa shape index (κ1) is 34.0. The van der Waals surface area contributed by atoms with Gasteiger partial charge in [0.2, 0.25) is 0 Å². The van der Waals surface area contributed by atoms with Gasteiger partial charge in [0.05, 0.1) is 6.04 Å². The summed E-state index contributed by atoms with van der Waals surface area (Å²) in [7, 11) is 0. The first-order valence-electron chi connectivity index (χ1n) is 14.1. The highest BCUT2D eigenvalue weighted by Gasteiger charge is 2.01. The maximum atomic E-state index is 5.85. The van der Waals surface area contributed by atoms with Crippen molar-refractivity contribution in [2.24, 2.45) is 15.7 Å². The normalized spacial score (nSPS) is 12.3. The molecule has 4 rings (SSSR count). The summed E-state index contributed by atoms with van der Waals surface area (Å²) in [6.07, 6.45) is 5.69. The summed E-state index contributed by atoms with van der Waals surface area (Å²) in [6, 6.07) is 33.0. The lowest BCUT2D eigenvalue weighted by Crippen LogP contribution is -2.17. The monoisotopic (exact) mass is 587 g/mol. The van der Waals surface area contributed by atoms with Crippen LogP contribution >= 0.6 is 23.2 Å². The van der Waals surface area contributed by atoms with Gasteiger partial charge in [0.1, 0.15) is 0 Å². The lowest BCUT2D eigenvalue weighted by Gasteiger charge is -2.06. The Hall–Kier alpha value is -3.24. The summed E-state index contributed by atoms with van der Waals surface area (Å²) in [5.74, 6) is 0. The van der Waals surface area contributed by atoms with Crippen LogP contribution in [-0.2, 0) is 12.8 Å². The second kappa shape index (κ2) is 19.0. The Morgan fingerprint density at radius 1 is 0.634 bits per heavy atom. The molecule has 0 bridgehead atoms. The van der Waals surface area contributed by atoms with E-state index in [4.69, 9.17) is 28.9 Å². The van der Waals surface area contributed by atoms with Crippen LogP contribution in [0, 0.1) is 13.8 Å². The molecule has 41 heavy (non-hydrogen) atoms. The molecule has 0 aromatic heterocycles. The Bertz CT molecular complexity index is 1310. The standard InChI is InChI=1S/C17H18ClN.C10H15N.C9H10ClN/c1-13-3-5-15(6-4-13)11-14(2)19-12-16-7-9-17(18)10-8-16;1-8-3-5-10(6-4-8)7-9(2)11;1-2-11-7-8-3-5-9(10)6-4-8/h3-10,12,14H,11H2,1-2H3;3-6,9H,7,11H2,1-2H3;3-7H,2H2,1H3/t14-;9-;/m11./s1. The Kier molecular flexibility index (Phi) is 15.7. The molecule has 0 heterocycles. The van der Waals surface area contributed by atoms with Gasteiger partial charge in [0, 0.05) is 35.1 Å². The number of aryl methyl sites for hydroxylation is 2. The molecule has 0 radical (unpaired) electrons. The van der Waals surface area contributed by atoms with Crippen molar-refractivity contribution in [3.05, 3.63) is 140 Å². The van der Waals surface area contributed by atoms with E-state index in [9.17, 15) is 0 Å². The number of aliphatic imine (C=N–C) groups is 2. The molecule has 0 amide bonds. The Balaban J connectivity index is 0.000000230. The third kappa shape index (κ3) is 15.4. The van der Waals surface area contributed by atoms with E-state index in [1.54, 1.807) is 0 Å². The lowest BCUT2D eigenvalue weighted by atomic mass is 10.1. The summed E-state index contributed by atoms with van der Waals surface area (Å²) < 4.78 is 0. The molecule has 0 saturated carbocycles. The van der Waals surface area contributed by atoms with E-state index in [1.165, 1.54) is 22.3 Å². The van der Waals surface area contributed by atoms with Gasteiger partial charge in [-0.15, -0.1) is 0 Å². The third-order valence-electron chi connectivity index (χ3n) is 5.97. The van der Waals surface area contributed by atoms with Crippen molar-refractivity contribution in [2.75, 3.05) is 6.54 Å². The fourth-order valence-corrected chi connectivity index (χ4v) is 3.97. The molecule has 0 aliphatic heterocycles. The van der Waals surface area contributed by atoms with Crippen molar-refractivity contribution in [1.82, 2.24) is 0 Å². The molecule has 0 spiro atoms.